The summed E-state index contributed by atoms with van der Waals surface area (Å²) in [6.07, 6.45) is 0. The number of benzene rings is 1. The fraction of sp³-hybridized carbons (Fsp3) is 0.353. The van der Waals surface area contributed by atoms with Gasteiger partial charge in [-0.3, -0.25) is 0 Å². The molecule has 1 unspecified atom stereocenters. The van der Waals surface area contributed by atoms with E-state index in [9.17, 15) is 14.3 Å². The summed E-state index contributed by atoms with van der Waals surface area (Å²) in [4.78, 5) is 11.7. The van der Waals surface area contributed by atoms with Gasteiger partial charge in [0.15, 0.2) is 0 Å². The fourth-order valence-electron chi connectivity index (χ4n) is 2.02. The molecule has 0 aliphatic carbocycles. The van der Waals surface area contributed by atoms with Crippen molar-refractivity contribution in [2.24, 2.45) is 0 Å². The van der Waals surface area contributed by atoms with E-state index in [1.807, 2.05) is 0 Å². The number of furan rings is 1. The van der Waals surface area contributed by atoms with Crippen LogP contribution in [0.2, 0.25) is 0 Å². The van der Waals surface area contributed by atoms with Crippen molar-refractivity contribution >= 4 is 6.03 Å². The summed E-state index contributed by atoms with van der Waals surface area (Å²) in [7, 11) is 0. The van der Waals surface area contributed by atoms with Crippen molar-refractivity contribution in [2.75, 3.05) is 19.7 Å². The maximum atomic E-state index is 13.0. The van der Waals surface area contributed by atoms with Gasteiger partial charge in [-0.25, -0.2) is 9.18 Å². The van der Waals surface area contributed by atoms with E-state index in [1.165, 1.54) is 12.1 Å². The number of ether oxygens (including phenoxy) is 1. The van der Waals surface area contributed by atoms with Crippen LogP contribution in [0.1, 0.15) is 18.4 Å². The lowest BCUT2D eigenvalue weighted by molar-refractivity contribution is 0.0359. The largest absolute Gasteiger partial charge is 0.492 e. The van der Waals surface area contributed by atoms with Crippen molar-refractivity contribution in [3.05, 3.63) is 53.7 Å². The molecule has 0 radical (unpaired) electrons. The number of rotatable bonds is 7. The second-order valence-electron chi connectivity index (χ2n) is 5.60. The summed E-state index contributed by atoms with van der Waals surface area (Å²) in [6, 6.07) is 8.74. The lowest BCUT2D eigenvalue weighted by atomic mass is 10.0. The highest BCUT2D eigenvalue weighted by Gasteiger charge is 2.27. The molecule has 3 N–H and O–H groups in total. The number of carbonyl (C=O) groups is 1. The molecule has 1 heterocycles. The maximum absolute atomic E-state index is 13.0. The molecule has 0 aliphatic rings. The first-order valence-electron chi connectivity index (χ1n) is 7.56. The van der Waals surface area contributed by atoms with Crippen LogP contribution in [-0.4, -0.2) is 30.8 Å². The summed E-state index contributed by atoms with van der Waals surface area (Å²) in [6.45, 7) is 3.77. The van der Waals surface area contributed by atoms with Crippen LogP contribution in [0.3, 0.4) is 0 Å². The van der Waals surface area contributed by atoms with Gasteiger partial charge < -0.3 is 24.9 Å². The number of nitrogens with one attached hydrogen (secondary N) is 2. The maximum Gasteiger partial charge on any atom is 0.315 e. The molecule has 0 bridgehead atoms. The molecular formula is C17H21FN2O4. The third-order valence-electron chi connectivity index (χ3n) is 3.32. The van der Waals surface area contributed by atoms with Gasteiger partial charge in [0.2, 0.25) is 0 Å². The number of amides is 2. The standard InChI is InChI=1S/C17H21FN2O4/c1-12-6-7-15(24-12)17(2,22)11-20-16(21)19-8-9-23-14-5-3-4-13(18)10-14/h3-7,10,22H,8-9,11H2,1-2H3,(H2,19,20,21). The van der Waals surface area contributed by atoms with E-state index < -0.39 is 11.6 Å². The van der Waals surface area contributed by atoms with Gasteiger partial charge in [0.25, 0.3) is 0 Å². The zero-order chi connectivity index (χ0) is 17.6. The van der Waals surface area contributed by atoms with Crippen molar-refractivity contribution in [1.29, 1.82) is 0 Å². The van der Waals surface area contributed by atoms with Gasteiger partial charge in [-0.15, -0.1) is 0 Å². The average molecular weight is 336 g/mol. The van der Waals surface area contributed by atoms with E-state index in [0.717, 1.165) is 0 Å². The van der Waals surface area contributed by atoms with Crippen LogP contribution in [0.25, 0.3) is 0 Å². The first-order chi connectivity index (χ1) is 11.4. The number of urea groups is 1. The Morgan fingerprint density at radius 1 is 1.33 bits per heavy atom. The van der Waals surface area contributed by atoms with Crippen molar-refractivity contribution < 1.29 is 23.4 Å². The fourth-order valence-corrected chi connectivity index (χ4v) is 2.02. The molecule has 2 rings (SSSR count). The van der Waals surface area contributed by atoms with Crippen molar-refractivity contribution in [2.45, 2.75) is 19.4 Å². The molecule has 6 nitrogen and oxygen atoms in total. The zero-order valence-electron chi connectivity index (χ0n) is 13.6. The predicted octanol–water partition coefficient (Wildman–Crippen LogP) is 2.31. The molecule has 24 heavy (non-hydrogen) atoms. The first kappa shape index (κ1) is 17.8. The number of halogens is 1. The Bertz CT molecular complexity index is 685. The van der Waals surface area contributed by atoms with Crippen molar-refractivity contribution in [3.8, 4) is 5.75 Å². The van der Waals surface area contributed by atoms with Gasteiger partial charge in [0, 0.05) is 6.07 Å². The van der Waals surface area contributed by atoms with Gasteiger partial charge in [0.05, 0.1) is 13.1 Å². The SMILES string of the molecule is Cc1ccc(C(C)(O)CNC(=O)NCCOc2cccc(F)c2)o1. The Labute approximate surface area is 139 Å². The normalized spacial score (nSPS) is 13.2. The highest BCUT2D eigenvalue weighted by atomic mass is 19.1. The molecule has 1 aromatic carbocycles. The second-order valence-corrected chi connectivity index (χ2v) is 5.60. The van der Waals surface area contributed by atoms with Crippen LogP contribution >= 0.6 is 0 Å². The van der Waals surface area contributed by atoms with Crippen molar-refractivity contribution in [3.63, 3.8) is 0 Å². The predicted molar refractivity (Wildman–Crippen MR) is 86.3 cm³/mol. The molecule has 0 saturated carbocycles. The highest BCUT2D eigenvalue weighted by Crippen LogP contribution is 2.21. The molecule has 0 saturated heterocycles. The first-order valence-corrected chi connectivity index (χ1v) is 7.56. The smallest absolute Gasteiger partial charge is 0.315 e. The minimum absolute atomic E-state index is 0.00343. The number of hydrogen-bond acceptors (Lipinski definition) is 4. The van der Waals surface area contributed by atoms with E-state index in [4.69, 9.17) is 9.15 Å². The molecule has 2 amide bonds. The highest BCUT2D eigenvalue weighted by molar-refractivity contribution is 5.73. The Morgan fingerprint density at radius 2 is 2.12 bits per heavy atom. The molecule has 7 heteroatoms. The van der Waals surface area contributed by atoms with Gasteiger partial charge in [-0.2, -0.15) is 0 Å². The number of carbonyl (C=O) groups excluding carboxylic acids is 1. The minimum Gasteiger partial charge on any atom is -0.492 e. The van der Waals surface area contributed by atoms with E-state index in [0.29, 0.717) is 17.3 Å². The summed E-state index contributed by atoms with van der Waals surface area (Å²) in [5.74, 6) is 1.08. The minimum atomic E-state index is -1.30. The van der Waals surface area contributed by atoms with Crippen molar-refractivity contribution in [1.82, 2.24) is 10.6 Å². The van der Waals surface area contributed by atoms with Crippen LogP contribution in [-0.2, 0) is 5.60 Å². The van der Waals surface area contributed by atoms with Crippen LogP contribution in [0.15, 0.2) is 40.8 Å². The van der Waals surface area contributed by atoms with Crippen LogP contribution < -0.4 is 15.4 Å². The summed E-state index contributed by atoms with van der Waals surface area (Å²) < 4.78 is 23.6. The Balaban J connectivity index is 1.68. The lowest BCUT2D eigenvalue weighted by Crippen LogP contribution is -2.44. The number of hydrogen-bond donors (Lipinski definition) is 3. The molecule has 130 valence electrons. The Kier molecular flexibility index (Phi) is 5.81. The van der Waals surface area contributed by atoms with Crippen LogP contribution in [0.5, 0.6) is 5.75 Å². The number of aryl methyl sites for hydroxylation is 1. The van der Waals surface area contributed by atoms with E-state index in [-0.39, 0.29) is 25.5 Å². The molecule has 2 aromatic rings. The quantitative estimate of drug-likeness (QED) is 0.678. The Hall–Kier alpha value is -2.54. The topological polar surface area (TPSA) is 83.7 Å². The third-order valence-corrected chi connectivity index (χ3v) is 3.32. The third kappa shape index (κ3) is 5.27. The Morgan fingerprint density at radius 3 is 2.79 bits per heavy atom. The molecule has 1 aromatic heterocycles. The molecule has 0 aliphatic heterocycles. The molecule has 1 atom stereocenters. The zero-order valence-corrected chi connectivity index (χ0v) is 13.6. The van der Waals surface area contributed by atoms with E-state index in [1.54, 1.807) is 38.1 Å². The van der Waals surface area contributed by atoms with E-state index >= 15 is 0 Å². The van der Waals surface area contributed by atoms with Gasteiger partial charge >= 0.3 is 6.03 Å². The van der Waals surface area contributed by atoms with Crippen LogP contribution in [0.4, 0.5) is 9.18 Å². The molecule has 0 spiro atoms. The van der Waals surface area contributed by atoms with E-state index in [2.05, 4.69) is 10.6 Å². The summed E-state index contributed by atoms with van der Waals surface area (Å²) >= 11 is 0. The molecular weight excluding hydrogens is 315 g/mol. The molecule has 0 fully saturated rings. The van der Waals surface area contributed by atoms with Gasteiger partial charge in [0.1, 0.15) is 35.3 Å². The monoisotopic (exact) mass is 336 g/mol. The van der Waals surface area contributed by atoms with Crippen LogP contribution in [0, 0.1) is 12.7 Å². The van der Waals surface area contributed by atoms with Gasteiger partial charge in [-0.05, 0) is 38.1 Å². The second kappa shape index (κ2) is 7.83. The number of aliphatic hydroxyl groups is 1. The van der Waals surface area contributed by atoms with Gasteiger partial charge in [-0.1, -0.05) is 6.07 Å². The lowest BCUT2D eigenvalue weighted by Gasteiger charge is -2.21. The summed E-state index contributed by atoms with van der Waals surface area (Å²) in [5.41, 5.74) is -1.30. The average Bonchev–Trinajstić information content (AvgIpc) is 2.97. The summed E-state index contributed by atoms with van der Waals surface area (Å²) in [5, 5.41) is 15.4.